The second-order valence-electron chi connectivity index (χ2n) is 5.12. The van der Waals surface area contributed by atoms with Crippen LogP contribution in [0.5, 0.6) is 5.75 Å². The van der Waals surface area contributed by atoms with Gasteiger partial charge in [-0.3, -0.25) is 0 Å². The van der Waals surface area contributed by atoms with E-state index in [4.69, 9.17) is 10.5 Å². The molecule has 0 spiro atoms. The molecule has 1 aliphatic carbocycles. The number of nitrogens with two attached hydrogens (primary N) is 1. The van der Waals surface area contributed by atoms with E-state index >= 15 is 0 Å². The maximum atomic E-state index is 5.93. The smallest absolute Gasteiger partial charge is 0.133 e. The van der Waals surface area contributed by atoms with Gasteiger partial charge in [0.25, 0.3) is 0 Å². The van der Waals surface area contributed by atoms with Gasteiger partial charge in [-0.15, -0.1) is 0 Å². The van der Waals surface area contributed by atoms with Crippen LogP contribution in [0, 0.1) is 5.92 Å². The van der Waals surface area contributed by atoms with Crippen molar-refractivity contribution >= 4 is 15.9 Å². The van der Waals surface area contributed by atoms with Gasteiger partial charge in [0.05, 0.1) is 11.1 Å². The molecule has 2 nitrogen and oxygen atoms in total. The zero-order chi connectivity index (χ0) is 12.8. The maximum Gasteiger partial charge on any atom is 0.133 e. The van der Waals surface area contributed by atoms with Crippen LogP contribution in [0.25, 0.3) is 0 Å². The molecule has 3 heteroatoms. The fourth-order valence-corrected chi connectivity index (χ4v) is 3.09. The van der Waals surface area contributed by atoms with Gasteiger partial charge in [-0.05, 0) is 65.4 Å². The molecule has 0 saturated heterocycles. The Balaban J connectivity index is 1.88. The van der Waals surface area contributed by atoms with Gasteiger partial charge in [0, 0.05) is 0 Å². The van der Waals surface area contributed by atoms with E-state index in [-0.39, 0.29) is 0 Å². The highest BCUT2D eigenvalue weighted by Gasteiger charge is 2.14. The first-order valence-corrected chi connectivity index (χ1v) is 7.70. The van der Waals surface area contributed by atoms with E-state index in [1.54, 1.807) is 0 Å². The van der Waals surface area contributed by atoms with E-state index in [0.717, 1.165) is 29.2 Å². The number of hydrogen-bond donors (Lipinski definition) is 1. The van der Waals surface area contributed by atoms with Gasteiger partial charge in [0.1, 0.15) is 5.75 Å². The summed E-state index contributed by atoms with van der Waals surface area (Å²) in [5.74, 6) is 1.70. The third-order valence-electron chi connectivity index (χ3n) is 3.63. The van der Waals surface area contributed by atoms with Crippen molar-refractivity contribution in [2.75, 3.05) is 13.2 Å². The lowest BCUT2D eigenvalue weighted by molar-refractivity contribution is 0.208. The van der Waals surface area contributed by atoms with E-state index in [9.17, 15) is 0 Å². The molecule has 0 aromatic heterocycles. The quantitative estimate of drug-likeness (QED) is 0.894. The Morgan fingerprint density at radius 2 is 2.00 bits per heavy atom. The predicted octanol–water partition coefficient (Wildman–Crippen LogP) is 3.91. The lowest BCUT2D eigenvalue weighted by Crippen LogP contribution is -2.15. The molecule has 0 aliphatic heterocycles. The number of rotatable bonds is 5. The first-order chi connectivity index (χ1) is 8.79. The zero-order valence-electron chi connectivity index (χ0n) is 10.8. The highest BCUT2D eigenvalue weighted by Crippen LogP contribution is 2.29. The van der Waals surface area contributed by atoms with Crippen LogP contribution in [0.1, 0.15) is 37.7 Å². The first-order valence-electron chi connectivity index (χ1n) is 6.91. The number of halogens is 1. The molecule has 1 aromatic rings. The van der Waals surface area contributed by atoms with Gasteiger partial charge in [-0.25, -0.2) is 0 Å². The van der Waals surface area contributed by atoms with Gasteiger partial charge >= 0.3 is 0 Å². The van der Waals surface area contributed by atoms with Gasteiger partial charge in [-0.1, -0.05) is 25.3 Å². The molecule has 2 N–H and O–H groups in total. The molecule has 1 saturated carbocycles. The third kappa shape index (κ3) is 3.99. The molecule has 1 aliphatic rings. The molecule has 1 aromatic carbocycles. The molecule has 0 radical (unpaired) electrons. The summed E-state index contributed by atoms with van der Waals surface area (Å²) in [6.45, 7) is 1.55. The Bertz CT molecular complexity index is 375. The van der Waals surface area contributed by atoms with E-state index in [1.807, 2.05) is 0 Å². The lowest BCUT2D eigenvalue weighted by atomic mass is 9.90. The molecule has 0 bridgehead atoms. The number of hydrogen-bond acceptors (Lipinski definition) is 2. The van der Waals surface area contributed by atoms with Crippen LogP contribution in [0.15, 0.2) is 22.7 Å². The third-order valence-corrected chi connectivity index (χ3v) is 4.25. The van der Waals surface area contributed by atoms with Crippen LogP contribution in [0.3, 0.4) is 0 Å². The molecule has 18 heavy (non-hydrogen) atoms. The summed E-state index contributed by atoms with van der Waals surface area (Å²) in [4.78, 5) is 0. The van der Waals surface area contributed by atoms with Crippen molar-refractivity contribution in [3.63, 3.8) is 0 Å². The normalized spacial score (nSPS) is 16.8. The minimum Gasteiger partial charge on any atom is -0.492 e. The Morgan fingerprint density at radius 3 is 2.67 bits per heavy atom. The van der Waals surface area contributed by atoms with Crippen molar-refractivity contribution in [1.82, 2.24) is 0 Å². The van der Waals surface area contributed by atoms with Crippen molar-refractivity contribution in [2.24, 2.45) is 11.7 Å². The molecule has 0 unspecified atom stereocenters. The summed E-state index contributed by atoms with van der Waals surface area (Å²) < 4.78 is 6.98. The van der Waals surface area contributed by atoms with Crippen molar-refractivity contribution in [3.05, 3.63) is 28.2 Å². The van der Waals surface area contributed by atoms with Gasteiger partial charge in [0.15, 0.2) is 0 Å². The molecule has 100 valence electrons. The largest absolute Gasteiger partial charge is 0.492 e. The summed E-state index contributed by atoms with van der Waals surface area (Å²) in [6, 6.07) is 6.27. The highest BCUT2D eigenvalue weighted by atomic mass is 79.9. The summed E-state index contributed by atoms with van der Waals surface area (Å²) in [6.07, 6.45) is 7.69. The summed E-state index contributed by atoms with van der Waals surface area (Å²) >= 11 is 3.58. The Hall–Kier alpha value is -0.540. The van der Waals surface area contributed by atoms with E-state index in [1.165, 1.54) is 37.7 Å². The van der Waals surface area contributed by atoms with Crippen LogP contribution in [0.2, 0.25) is 0 Å². The van der Waals surface area contributed by atoms with E-state index < -0.39 is 0 Å². The topological polar surface area (TPSA) is 35.2 Å². The fraction of sp³-hybridized carbons (Fsp3) is 0.600. The predicted molar refractivity (Wildman–Crippen MR) is 79.0 cm³/mol. The maximum absolute atomic E-state index is 5.93. The Labute approximate surface area is 118 Å². The van der Waals surface area contributed by atoms with Crippen LogP contribution < -0.4 is 10.5 Å². The second-order valence-corrected chi connectivity index (χ2v) is 5.97. The van der Waals surface area contributed by atoms with Crippen molar-refractivity contribution < 1.29 is 4.74 Å². The molecule has 1 fully saturated rings. The second kappa shape index (κ2) is 7.15. The SMILES string of the molecule is NCCc1ccc(OCC2CCCCC2)c(Br)c1. The van der Waals surface area contributed by atoms with Gasteiger partial charge in [-0.2, -0.15) is 0 Å². The number of benzene rings is 1. The first kappa shape index (κ1) is 13.9. The zero-order valence-corrected chi connectivity index (χ0v) is 12.4. The monoisotopic (exact) mass is 311 g/mol. The molecule has 2 rings (SSSR count). The van der Waals surface area contributed by atoms with Crippen molar-refractivity contribution in [2.45, 2.75) is 38.5 Å². The number of ether oxygens (including phenoxy) is 1. The van der Waals surface area contributed by atoms with E-state index in [0.29, 0.717) is 6.54 Å². The van der Waals surface area contributed by atoms with E-state index in [2.05, 4.69) is 34.1 Å². The fourth-order valence-electron chi connectivity index (χ4n) is 2.55. The standard InChI is InChI=1S/C15H22BrNO/c16-14-10-12(8-9-17)6-7-15(14)18-11-13-4-2-1-3-5-13/h6-7,10,13H,1-5,8-9,11,17H2. The highest BCUT2D eigenvalue weighted by molar-refractivity contribution is 9.10. The van der Waals surface area contributed by atoms with Crippen molar-refractivity contribution in [3.8, 4) is 5.75 Å². The van der Waals surface area contributed by atoms with Crippen LogP contribution >= 0.6 is 15.9 Å². The molecular weight excluding hydrogens is 290 g/mol. The minimum absolute atomic E-state index is 0.689. The Morgan fingerprint density at radius 1 is 1.22 bits per heavy atom. The average Bonchev–Trinajstić information content (AvgIpc) is 2.39. The molecule has 0 atom stereocenters. The van der Waals surface area contributed by atoms with Crippen LogP contribution in [0.4, 0.5) is 0 Å². The molecular formula is C15H22BrNO. The molecule has 0 heterocycles. The van der Waals surface area contributed by atoms with Crippen LogP contribution in [-0.2, 0) is 6.42 Å². The van der Waals surface area contributed by atoms with Crippen molar-refractivity contribution in [1.29, 1.82) is 0 Å². The summed E-state index contributed by atoms with van der Waals surface area (Å²) in [7, 11) is 0. The molecule has 0 amide bonds. The van der Waals surface area contributed by atoms with Gasteiger partial charge in [0.2, 0.25) is 0 Å². The average molecular weight is 312 g/mol. The Kier molecular flexibility index (Phi) is 5.51. The van der Waals surface area contributed by atoms with Gasteiger partial charge < -0.3 is 10.5 Å². The minimum atomic E-state index is 0.689. The summed E-state index contributed by atoms with van der Waals surface area (Å²) in [5.41, 5.74) is 6.82. The van der Waals surface area contributed by atoms with Crippen LogP contribution in [-0.4, -0.2) is 13.2 Å². The lowest BCUT2D eigenvalue weighted by Gasteiger charge is -2.22. The summed E-state index contributed by atoms with van der Waals surface area (Å²) in [5, 5.41) is 0.